The lowest BCUT2D eigenvalue weighted by Gasteiger charge is -2.01. The Morgan fingerprint density at radius 3 is 3.06 bits per heavy atom. The lowest BCUT2D eigenvalue weighted by atomic mass is 10.4. The van der Waals surface area contributed by atoms with Gasteiger partial charge >= 0.3 is 0 Å². The second kappa shape index (κ2) is 6.37. The smallest absolute Gasteiger partial charge is 0.224 e. The molecule has 0 radical (unpaired) electrons. The number of rotatable bonds is 5. The van der Waals surface area contributed by atoms with Crippen molar-refractivity contribution in [1.82, 2.24) is 19.7 Å². The minimum Gasteiger partial charge on any atom is -0.305 e. The summed E-state index contributed by atoms with van der Waals surface area (Å²) in [6.45, 7) is 1.32. The molecule has 0 atom stereocenters. The molecule has 92 valence electrons. The molecule has 0 aliphatic rings. The fraction of sp³-hybridized carbons (Fsp3) is 0.375. The summed E-state index contributed by atoms with van der Waals surface area (Å²) in [7, 11) is 1.32. The Labute approximate surface area is 124 Å². The molecule has 17 heavy (non-hydrogen) atoms. The highest BCUT2D eigenvalue weighted by Gasteiger charge is 2.11. The van der Waals surface area contributed by atoms with Crippen molar-refractivity contribution in [3.63, 3.8) is 0 Å². The standard InChI is InChI=1S/C8H7Cl2IN4OS/c9-6-5-4-12-8(10)13-7(5)15(14-6)2-1-3-16-17-11/h4H,1-3H2. The van der Waals surface area contributed by atoms with Crippen LogP contribution in [0.2, 0.25) is 10.4 Å². The summed E-state index contributed by atoms with van der Waals surface area (Å²) in [6.07, 6.45) is 2.40. The third-order valence-electron chi connectivity index (χ3n) is 2.06. The van der Waals surface area contributed by atoms with Gasteiger partial charge in [0, 0.05) is 33.9 Å². The molecule has 2 aromatic heterocycles. The van der Waals surface area contributed by atoms with Crippen LogP contribution in [0.3, 0.4) is 0 Å². The maximum Gasteiger partial charge on any atom is 0.224 e. The van der Waals surface area contributed by atoms with Gasteiger partial charge in [-0.1, -0.05) is 11.6 Å². The molecule has 2 aromatic rings. The van der Waals surface area contributed by atoms with E-state index >= 15 is 0 Å². The van der Waals surface area contributed by atoms with E-state index in [9.17, 15) is 0 Å². The fourth-order valence-corrected chi connectivity index (χ4v) is 2.44. The predicted molar refractivity (Wildman–Crippen MR) is 77.5 cm³/mol. The summed E-state index contributed by atoms with van der Waals surface area (Å²) >= 11 is 13.8. The van der Waals surface area contributed by atoms with Gasteiger partial charge in [0.15, 0.2) is 10.8 Å². The second-order valence-electron chi connectivity index (χ2n) is 3.13. The van der Waals surface area contributed by atoms with Gasteiger partial charge in [-0.25, -0.2) is 9.67 Å². The van der Waals surface area contributed by atoms with E-state index in [4.69, 9.17) is 27.4 Å². The summed E-state index contributed by atoms with van der Waals surface area (Å²) in [5.41, 5.74) is 0.650. The van der Waals surface area contributed by atoms with Crippen molar-refractivity contribution in [3.8, 4) is 0 Å². The zero-order chi connectivity index (χ0) is 12.3. The largest absolute Gasteiger partial charge is 0.305 e. The third-order valence-corrected chi connectivity index (χ3v) is 3.54. The van der Waals surface area contributed by atoms with Crippen LogP contribution >= 0.6 is 53.6 Å². The highest BCUT2D eigenvalue weighted by Crippen LogP contribution is 2.21. The Morgan fingerprint density at radius 1 is 1.47 bits per heavy atom. The monoisotopic (exact) mass is 404 g/mol. The normalized spacial score (nSPS) is 11.2. The topological polar surface area (TPSA) is 52.8 Å². The molecule has 0 aliphatic carbocycles. The molecular formula is C8H7Cl2IN4OS. The van der Waals surface area contributed by atoms with Gasteiger partial charge in [0.25, 0.3) is 0 Å². The van der Waals surface area contributed by atoms with Crippen molar-refractivity contribution < 1.29 is 4.18 Å². The summed E-state index contributed by atoms with van der Waals surface area (Å²) in [4.78, 5) is 8.00. The molecule has 0 spiro atoms. The van der Waals surface area contributed by atoms with Crippen molar-refractivity contribution in [1.29, 1.82) is 0 Å². The number of aromatic nitrogens is 4. The van der Waals surface area contributed by atoms with Gasteiger partial charge in [0.2, 0.25) is 5.28 Å². The summed E-state index contributed by atoms with van der Waals surface area (Å²) in [5, 5.41) is 5.47. The van der Waals surface area contributed by atoms with Crippen LogP contribution < -0.4 is 0 Å². The zero-order valence-corrected chi connectivity index (χ0v) is 12.9. The lowest BCUT2D eigenvalue weighted by molar-refractivity contribution is 0.353. The van der Waals surface area contributed by atoms with Gasteiger partial charge in [0.1, 0.15) is 0 Å². The first-order chi connectivity index (χ1) is 8.22. The quantitative estimate of drug-likeness (QED) is 0.330. The van der Waals surface area contributed by atoms with E-state index in [-0.39, 0.29) is 5.28 Å². The second-order valence-corrected chi connectivity index (χ2v) is 5.27. The molecule has 0 amide bonds. The third kappa shape index (κ3) is 3.34. The molecule has 0 aliphatic heterocycles. The number of fused-ring (bicyclic) bond motifs is 1. The van der Waals surface area contributed by atoms with Crippen molar-refractivity contribution in [3.05, 3.63) is 16.6 Å². The minimum atomic E-state index is 0.189. The molecule has 5 nitrogen and oxygen atoms in total. The minimum absolute atomic E-state index is 0.189. The number of hydrogen-bond acceptors (Lipinski definition) is 5. The van der Waals surface area contributed by atoms with E-state index in [0.29, 0.717) is 29.3 Å². The first-order valence-electron chi connectivity index (χ1n) is 4.67. The van der Waals surface area contributed by atoms with Gasteiger partial charge in [-0.3, -0.25) is 0 Å². The maximum absolute atomic E-state index is 5.98. The Hall–Kier alpha value is 0.170. The van der Waals surface area contributed by atoms with Crippen molar-refractivity contribution in [2.24, 2.45) is 0 Å². The molecule has 0 saturated carbocycles. The molecule has 0 bridgehead atoms. The van der Waals surface area contributed by atoms with Crippen LogP contribution in [0.25, 0.3) is 11.0 Å². The van der Waals surface area contributed by atoms with Crippen LogP contribution in [-0.2, 0) is 10.7 Å². The van der Waals surface area contributed by atoms with Crippen molar-refractivity contribution in [2.75, 3.05) is 6.61 Å². The van der Waals surface area contributed by atoms with Crippen LogP contribution in [0, 0.1) is 0 Å². The van der Waals surface area contributed by atoms with Crippen LogP contribution in [0.15, 0.2) is 6.20 Å². The number of halogens is 3. The van der Waals surface area contributed by atoms with E-state index in [0.717, 1.165) is 6.42 Å². The molecule has 9 heteroatoms. The molecule has 0 N–H and O–H groups in total. The molecule has 2 rings (SSSR count). The van der Waals surface area contributed by atoms with Gasteiger partial charge in [-0.05, 0) is 18.0 Å². The fourth-order valence-electron chi connectivity index (χ4n) is 1.36. The van der Waals surface area contributed by atoms with Gasteiger partial charge < -0.3 is 4.18 Å². The predicted octanol–water partition coefficient (Wildman–Crippen LogP) is 3.54. The summed E-state index contributed by atoms with van der Waals surface area (Å²) < 4.78 is 6.88. The van der Waals surface area contributed by atoms with Gasteiger partial charge in [-0.2, -0.15) is 10.1 Å². The van der Waals surface area contributed by atoms with Crippen molar-refractivity contribution >= 4 is 64.7 Å². The van der Waals surface area contributed by atoms with E-state index in [1.54, 1.807) is 10.9 Å². The highest BCUT2D eigenvalue weighted by molar-refractivity contribution is 14.2. The maximum atomic E-state index is 5.98. The molecule has 0 aromatic carbocycles. The Kier molecular flexibility index (Phi) is 5.10. The molecule has 2 heterocycles. The Bertz CT molecular complexity index is 523. The summed E-state index contributed by atoms with van der Waals surface area (Å²) in [5.74, 6) is 0. The highest BCUT2D eigenvalue weighted by atomic mass is 127. The van der Waals surface area contributed by atoms with Crippen LogP contribution in [0.5, 0.6) is 0 Å². The van der Waals surface area contributed by atoms with Crippen LogP contribution in [0.4, 0.5) is 0 Å². The average molecular weight is 405 g/mol. The van der Waals surface area contributed by atoms with Gasteiger partial charge in [0.05, 0.1) is 21.2 Å². The molecule has 0 fully saturated rings. The van der Waals surface area contributed by atoms with E-state index in [2.05, 4.69) is 36.3 Å². The first-order valence-corrected chi connectivity index (χ1v) is 8.71. The number of nitrogens with zero attached hydrogens (tertiary/aromatic N) is 4. The SMILES string of the molecule is Clc1ncc2c(Cl)nn(CCCOSI)c2n1. The van der Waals surface area contributed by atoms with Crippen molar-refractivity contribution in [2.45, 2.75) is 13.0 Å². The van der Waals surface area contributed by atoms with Crippen LogP contribution in [-0.4, -0.2) is 26.4 Å². The molecule has 0 saturated heterocycles. The van der Waals surface area contributed by atoms with E-state index in [1.165, 1.54) is 9.21 Å². The van der Waals surface area contributed by atoms with Crippen LogP contribution in [0.1, 0.15) is 6.42 Å². The number of aryl methyl sites for hydroxylation is 1. The Morgan fingerprint density at radius 2 is 2.29 bits per heavy atom. The number of hydrogen-bond donors (Lipinski definition) is 0. The summed E-state index contributed by atoms with van der Waals surface area (Å²) in [6, 6.07) is 0. The Balaban J connectivity index is 2.19. The average Bonchev–Trinajstić information content (AvgIpc) is 2.61. The van der Waals surface area contributed by atoms with Gasteiger partial charge in [-0.15, -0.1) is 0 Å². The van der Waals surface area contributed by atoms with E-state index in [1.807, 2.05) is 0 Å². The lowest BCUT2D eigenvalue weighted by Crippen LogP contribution is -2.03. The molecular weight excluding hydrogens is 398 g/mol. The first kappa shape index (κ1) is 13.6. The molecule has 0 unspecified atom stereocenters. The zero-order valence-electron chi connectivity index (χ0n) is 8.44. The van der Waals surface area contributed by atoms with E-state index < -0.39 is 0 Å².